The van der Waals surface area contributed by atoms with Gasteiger partial charge in [-0.3, -0.25) is 0 Å². The third-order valence-electron chi connectivity index (χ3n) is 3.02. The summed E-state index contributed by atoms with van der Waals surface area (Å²) in [5, 5.41) is 9.08. The first-order chi connectivity index (χ1) is 8.56. The summed E-state index contributed by atoms with van der Waals surface area (Å²) in [5.74, 6) is 0. The standard InChI is InChI=1S/C11H14N2O2S3/c1-16-10-4-2-3-9(10)13-18(14,15)11-6-5-8(7-12)17-11/h5-6,9-10,13H,2-4H2,1H3. The van der Waals surface area contributed by atoms with Gasteiger partial charge in [-0.1, -0.05) is 6.42 Å². The van der Waals surface area contributed by atoms with E-state index in [4.69, 9.17) is 5.26 Å². The first-order valence-corrected chi connectivity index (χ1v) is 9.20. The fourth-order valence-electron chi connectivity index (χ4n) is 2.12. The molecular weight excluding hydrogens is 288 g/mol. The number of hydrogen-bond acceptors (Lipinski definition) is 5. The zero-order valence-corrected chi connectivity index (χ0v) is 12.4. The van der Waals surface area contributed by atoms with Gasteiger partial charge in [-0.2, -0.15) is 17.0 Å². The molecule has 2 rings (SSSR count). The summed E-state index contributed by atoms with van der Waals surface area (Å²) in [4.78, 5) is 0.420. The summed E-state index contributed by atoms with van der Waals surface area (Å²) in [5.41, 5.74) is 0. The Kier molecular flexibility index (Phi) is 4.33. The van der Waals surface area contributed by atoms with Crippen molar-refractivity contribution in [2.24, 2.45) is 0 Å². The summed E-state index contributed by atoms with van der Waals surface area (Å²) in [6.45, 7) is 0. The predicted molar refractivity (Wildman–Crippen MR) is 74.3 cm³/mol. The molecule has 0 radical (unpaired) electrons. The van der Waals surface area contributed by atoms with Crippen molar-refractivity contribution in [3.8, 4) is 6.07 Å². The largest absolute Gasteiger partial charge is 0.250 e. The maximum Gasteiger partial charge on any atom is 0.250 e. The van der Waals surface area contributed by atoms with E-state index in [0.717, 1.165) is 30.6 Å². The molecule has 0 spiro atoms. The molecule has 0 bridgehead atoms. The number of thioether (sulfide) groups is 1. The van der Waals surface area contributed by atoms with Gasteiger partial charge in [0.2, 0.25) is 10.0 Å². The van der Waals surface area contributed by atoms with E-state index >= 15 is 0 Å². The van der Waals surface area contributed by atoms with Crippen LogP contribution in [0.1, 0.15) is 24.1 Å². The van der Waals surface area contributed by atoms with Gasteiger partial charge in [0.25, 0.3) is 0 Å². The zero-order chi connectivity index (χ0) is 13.2. The van der Waals surface area contributed by atoms with Crippen LogP contribution in [0.3, 0.4) is 0 Å². The lowest BCUT2D eigenvalue weighted by atomic mass is 10.3. The molecule has 18 heavy (non-hydrogen) atoms. The highest BCUT2D eigenvalue weighted by Gasteiger charge is 2.31. The van der Waals surface area contributed by atoms with E-state index in [1.165, 1.54) is 6.07 Å². The van der Waals surface area contributed by atoms with E-state index in [1.54, 1.807) is 17.8 Å². The van der Waals surface area contributed by atoms with E-state index in [-0.39, 0.29) is 10.3 Å². The lowest BCUT2D eigenvalue weighted by Gasteiger charge is -2.18. The van der Waals surface area contributed by atoms with E-state index < -0.39 is 10.0 Å². The average Bonchev–Trinajstić information content (AvgIpc) is 2.96. The van der Waals surface area contributed by atoms with E-state index in [0.29, 0.717) is 10.1 Å². The maximum atomic E-state index is 12.2. The minimum atomic E-state index is -3.47. The third-order valence-corrected chi connectivity index (χ3v) is 7.16. The SMILES string of the molecule is CSC1CCCC1NS(=O)(=O)c1ccc(C#N)s1. The number of thiophene rings is 1. The highest BCUT2D eigenvalue weighted by atomic mass is 32.2. The Bertz CT molecular complexity index is 559. The Morgan fingerprint density at radius 2 is 2.28 bits per heavy atom. The van der Waals surface area contributed by atoms with Gasteiger partial charge in [0.15, 0.2) is 0 Å². The Morgan fingerprint density at radius 1 is 1.50 bits per heavy atom. The van der Waals surface area contributed by atoms with Crippen LogP contribution in [0.5, 0.6) is 0 Å². The van der Waals surface area contributed by atoms with Gasteiger partial charge < -0.3 is 0 Å². The Morgan fingerprint density at radius 3 is 2.89 bits per heavy atom. The summed E-state index contributed by atoms with van der Waals surface area (Å²) < 4.78 is 27.3. The lowest BCUT2D eigenvalue weighted by molar-refractivity contribution is 0.557. The minimum Gasteiger partial charge on any atom is -0.206 e. The van der Waals surface area contributed by atoms with Crippen LogP contribution in [0.4, 0.5) is 0 Å². The van der Waals surface area contributed by atoms with Crippen LogP contribution in [-0.4, -0.2) is 26.0 Å². The van der Waals surface area contributed by atoms with Gasteiger partial charge in [0, 0.05) is 11.3 Å². The van der Waals surface area contributed by atoms with Crippen molar-refractivity contribution in [1.82, 2.24) is 4.72 Å². The normalized spacial score (nSPS) is 24.0. The second-order valence-electron chi connectivity index (χ2n) is 4.16. The van der Waals surface area contributed by atoms with Crippen molar-refractivity contribution in [2.75, 3.05) is 6.26 Å². The van der Waals surface area contributed by atoms with Crippen molar-refractivity contribution >= 4 is 33.1 Å². The molecule has 1 fully saturated rings. The molecule has 1 aliphatic carbocycles. The van der Waals surface area contributed by atoms with Gasteiger partial charge in [-0.25, -0.2) is 13.1 Å². The molecule has 1 saturated carbocycles. The van der Waals surface area contributed by atoms with Gasteiger partial charge in [0.1, 0.15) is 15.2 Å². The highest BCUT2D eigenvalue weighted by molar-refractivity contribution is 7.99. The highest BCUT2D eigenvalue weighted by Crippen LogP contribution is 2.30. The molecule has 1 N–H and O–H groups in total. The van der Waals surface area contributed by atoms with Crippen molar-refractivity contribution in [3.63, 3.8) is 0 Å². The van der Waals surface area contributed by atoms with Crippen molar-refractivity contribution in [3.05, 3.63) is 17.0 Å². The van der Waals surface area contributed by atoms with Gasteiger partial charge in [-0.05, 0) is 31.2 Å². The fourth-order valence-corrected chi connectivity index (χ4v) is 5.58. The minimum absolute atomic E-state index is 0.0117. The van der Waals surface area contributed by atoms with Crippen LogP contribution in [0.2, 0.25) is 0 Å². The zero-order valence-electron chi connectivity index (χ0n) is 9.92. The second kappa shape index (κ2) is 5.61. The topological polar surface area (TPSA) is 70.0 Å². The van der Waals surface area contributed by atoms with Crippen LogP contribution < -0.4 is 4.72 Å². The first kappa shape index (κ1) is 13.9. The molecule has 7 heteroatoms. The summed E-state index contributed by atoms with van der Waals surface area (Å²) in [7, 11) is -3.47. The predicted octanol–water partition coefficient (Wildman–Crippen LogP) is 2.18. The molecule has 1 heterocycles. The molecule has 1 aromatic heterocycles. The number of nitrogens with zero attached hydrogens (tertiary/aromatic N) is 1. The van der Waals surface area contributed by atoms with Crippen molar-refractivity contribution < 1.29 is 8.42 Å². The maximum absolute atomic E-state index is 12.2. The summed E-state index contributed by atoms with van der Waals surface area (Å²) in [6, 6.07) is 5.00. The molecule has 4 nitrogen and oxygen atoms in total. The molecule has 2 atom stereocenters. The fraction of sp³-hybridized carbons (Fsp3) is 0.545. The molecule has 2 unspecified atom stereocenters. The quantitative estimate of drug-likeness (QED) is 0.925. The molecule has 0 aliphatic heterocycles. The van der Waals surface area contributed by atoms with Crippen molar-refractivity contribution in [2.45, 2.75) is 34.8 Å². The molecule has 1 aliphatic rings. The average molecular weight is 302 g/mol. The Balaban J connectivity index is 2.14. The van der Waals surface area contributed by atoms with Crippen LogP contribution in [0.15, 0.2) is 16.3 Å². The molecule has 0 aromatic carbocycles. The Hall–Kier alpha value is -0.550. The number of nitrogens with one attached hydrogen (secondary N) is 1. The van der Waals surface area contributed by atoms with Gasteiger partial charge >= 0.3 is 0 Å². The van der Waals surface area contributed by atoms with E-state index in [9.17, 15) is 8.42 Å². The lowest BCUT2D eigenvalue weighted by Crippen LogP contribution is -2.38. The molecule has 1 aromatic rings. The molecule has 98 valence electrons. The van der Waals surface area contributed by atoms with Gasteiger partial charge in [0.05, 0.1) is 0 Å². The van der Waals surface area contributed by atoms with Crippen LogP contribution in [-0.2, 0) is 10.0 Å². The molecular formula is C11H14N2O2S3. The monoisotopic (exact) mass is 302 g/mol. The van der Waals surface area contributed by atoms with Crippen molar-refractivity contribution in [1.29, 1.82) is 5.26 Å². The number of hydrogen-bond donors (Lipinski definition) is 1. The summed E-state index contributed by atoms with van der Waals surface area (Å²) >= 11 is 2.72. The van der Waals surface area contributed by atoms with Crippen LogP contribution in [0, 0.1) is 11.3 Å². The molecule has 0 amide bonds. The second-order valence-corrected chi connectivity index (χ2v) is 8.26. The third kappa shape index (κ3) is 2.88. The van der Waals surface area contributed by atoms with Gasteiger partial charge in [-0.15, -0.1) is 11.3 Å². The number of nitriles is 1. The number of sulfonamides is 1. The first-order valence-electron chi connectivity index (χ1n) is 5.62. The smallest absolute Gasteiger partial charge is 0.206 e. The molecule has 0 saturated heterocycles. The van der Waals surface area contributed by atoms with Crippen LogP contribution in [0.25, 0.3) is 0 Å². The Labute approximate surface area is 115 Å². The van der Waals surface area contributed by atoms with E-state index in [2.05, 4.69) is 4.72 Å². The van der Waals surface area contributed by atoms with Crippen LogP contribution >= 0.6 is 23.1 Å². The number of rotatable bonds is 4. The summed E-state index contributed by atoms with van der Waals surface area (Å²) in [6.07, 6.45) is 5.02. The van der Waals surface area contributed by atoms with E-state index in [1.807, 2.05) is 12.3 Å².